The Balaban J connectivity index is 2.42. The summed E-state index contributed by atoms with van der Waals surface area (Å²) in [6.07, 6.45) is 0. The van der Waals surface area contributed by atoms with E-state index in [0.29, 0.717) is 11.6 Å². The zero-order valence-corrected chi connectivity index (χ0v) is 12.6. The van der Waals surface area contributed by atoms with Gasteiger partial charge in [0.2, 0.25) is 11.4 Å². The quantitative estimate of drug-likeness (QED) is 0.790. The number of ether oxygens (including phenoxy) is 1. The fourth-order valence-electron chi connectivity index (χ4n) is 1.74. The van der Waals surface area contributed by atoms with Crippen LogP contribution in [0.15, 0.2) is 28.7 Å². The number of rotatable bonds is 5. The SMILES string of the molecule is COc1ccc(-c2nc(C)c(P(=O)(OC)OC)o2)cc1. The van der Waals surface area contributed by atoms with Gasteiger partial charge in [0.05, 0.1) is 12.8 Å². The minimum absolute atomic E-state index is 0.119. The van der Waals surface area contributed by atoms with E-state index < -0.39 is 7.60 Å². The lowest BCUT2D eigenvalue weighted by molar-refractivity contribution is 0.281. The summed E-state index contributed by atoms with van der Waals surface area (Å²) in [7, 11) is 0.763. The summed E-state index contributed by atoms with van der Waals surface area (Å²) in [5.74, 6) is 1.09. The molecular weight excluding hydrogens is 281 g/mol. The Morgan fingerprint density at radius 1 is 1.10 bits per heavy atom. The van der Waals surface area contributed by atoms with Crippen molar-refractivity contribution in [1.82, 2.24) is 4.98 Å². The third kappa shape index (κ3) is 2.63. The van der Waals surface area contributed by atoms with Gasteiger partial charge in [0.1, 0.15) is 5.75 Å². The predicted octanol–water partition coefficient (Wildman–Crippen LogP) is 2.77. The number of methoxy groups -OCH3 is 1. The van der Waals surface area contributed by atoms with Gasteiger partial charge in [-0.15, -0.1) is 0 Å². The van der Waals surface area contributed by atoms with Gasteiger partial charge < -0.3 is 18.2 Å². The fourth-order valence-corrected chi connectivity index (χ4v) is 2.87. The molecular formula is C13H16NO5P. The highest BCUT2D eigenvalue weighted by atomic mass is 31.2. The maximum absolute atomic E-state index is 12.3. The predicted molar refractivity (Wildman–Crippen MR) is 74.5 cm³/mol. The van der Waals surface area contributed by atoms with E-state index >= 15 is 0 Å². The molecule has 20 heavy (non-hydrogen) atoms. The summed E-state index contributed by atoms with van der Waals surface area (Å²) in [6.45, 7) is 1.69. The second-order valence-electron chi connectivity index (χ2n) is 4.00. The van der Waals surface area contributed by atoms with E-state index in [2.05, 4.69) is 4.98 Å². The smallest absolute Gasteiger partial charge is 0.397 e. The van der Waals surface area contributed by atoms with E-state index in [1.807, 2.05) is 0 Å². The molecule has 6 nitrogen and oxygen atoms in total. The molecule has 0 saturated carbocycles. The number of hydrogen-bond donors (Lipinski definition) is 0. The molecule has 0 fully saturated rings. The molecule has 0 aliphatic rings. The minimum atomic E-state index is -3.44. The van der Waals surface area contributed by atoms with E-state index in [1.165, 1.54) is 14.2 Å². The maximum atomic E-state index is 12.3. The van der Waals surface area contributed by atoms with Crippen molar-refractivity contribution in [2.75, 3.05) is 21.3 Å². The van der Waals surface area contributed by atoms with Crippen molar-refractivity contribution >= 4 is 13.1 Å². The topological polar surface area (TPSA) is 70.8 Å². The molecule has 0 radical (unpaired) electrons. The van der Waals surface area contributed by atoms with E-state index in [0.717, 1.165) is 11.3 Å². The van der Waals surface area contributed by atoms with Gasteiger partial charge in [-0.05, 0) is 31.2 Å². The molecule has 7 heteroatoms. The van der Waals surface area contributed by atoms with Crippen LogP contribution in [-0.4, -0.2) is 26.3 Å². The summed E-state index contributed by atoms with van der Waals surface area (Å²) in [5.41, 5.74) is 1.34. The summed E-state index contributed by atoms with van der Waals surface area (Å²) >= 11 is 0. The first kappa shape index (κ1) is 14.8. The number of oxazole rings is 1. The molecule has 0 aliphatic heterocycles. The molecule has 1 aromatic heterocycles. The Morgan fingerprint density at radius 3 is 2.20 bits per heavy atom. The highest BCUT2D eigenvalue weighted by Gasteiger charge is 2.32. The Kier molecular flexibility index (Phi) is 4.28. The fraction of sp³-hybridized carbons (Fsp3) is 0.308. The van der Waals surface area contributed by atoms with Gasteiger partial charge in [0, 0.05) is 19.8 Å². The van der Waals surface area contributed by atoms with Crippen molar-refractivity contribution in [2.45, 2.75) is 6.92 Å². The first-order chi connectivity index (χ1) is 9.54. The standard InChI is InChI=1S/C13H16NO5P/c1-9-13(20(15,17-3)18-4)19-12(14-9)10-5-7-11(16-2)8-6-10/h5-8H,1-4H3. The molecule has 2 aromatic rings. The zero-order valence-electron chi connectivity index (χ0n) is 11.7. The number of aromatic nitrogens is 1. The van der Waals surface area contributed by atoms with Gasteiger partial charge in [-0.3, -0.25) is 4.57 Å². The van der Waals surface area contributed by atoms with Crippen LogP contribution in [0.3, 0.4) is 0 Å². The lowest BCUT2D eigenvalue weighted by Crippen LogP contribution is -2.08. The van der Waals surface area contributed by atoms with Crippen LogP contribution >= 0.6 is 7.60 Å². The van der Waals surface area contributed by atoms with E-state index in [4.69, 9.17) is 18.2 Å². The minimum Gasteiger partial charge on any atom is -0.497 e. The monoisotopic (exact) mass is 297 g/mol. The number of nitrogens with zero attached hydrogens (tertiary/aromatic N) is 1. The number of aryl methyl sites for hydroxylation is 1. The van der Waals surface area contributed by atoms with Crippen LogP contribution in [0, 0.1) is 6.92 Å². The average molecular weight is 297 g/mol. The summed E-state index contributed by atoms with van der Waals surface area (Å²) in [5, 5.41) is 0. The van der Waals surface area contributed by atoms with E-state index in [1.54, 1.807) is 38.3 Å². The molecule has 1 heterocycles. The van der Waals surface area contributed by atoms with Crippen molar-refractivity contribution in [3.8, 4) is 17.2 Å². The Morgan fingerprint density at radius 2 is 1.70 bits per heavy atom. The average Bonchev–Trinajstić information content (AvgIpc) is 2.89. The Hall–Kier alpha value is -1.62. The molecule has 0 unspecified atom stereocenters. The molecule has 0 spiro atoms. The van der Waals surface area contributed by atoms with Crippen molar-refractivity contribution in [1.29, 1.82) is 0 Å². The second kappa shape index (κ2) is 5.79. The molecule has 1 aromatic carbocycles. The van der Waals surface area contributed by atoms with E-state index in [-0.39, 0.29) is 5.50 Å². The Bertz CT molecular complexity index is 627. The normalized spacial score (nSPS) is 11.6. The third-order valence-electron chi connectivity index (χ3n) is 2.84. The van der Waals surface area contributed by atoms with Crippen LogP contribution in [-0.2, 0) is 13.6 Å². The van der Waals surface area contributed by atoms with Crippen molar-refractivity contribution in [3.05, 3.63) is 30.0 Å². The third-order valence-corrected chi connectivity index (χ3v) is 4.71. The van der Waals surface area contributed by atoms with Crippen LogP contribution < -0.4 is 10.2 Å². The van der Waals surface area contributed by atoms with E-state index in [9.17, 15) is 4.57 Å². The van der Waals surface area contributed by atoms with Gasteiger partial charge in [-0.25, -0.2) is 4.98 Å². The zero-order chi connectivity index (χ0) is 14.8. The summed E-state index contributed by atoms with van der Waals surface area (Å²) in [6, 6.07) is 7.19. The second-order valence-corrected chi connectivity index (χ2v) is 6.13. The summed E-state index contributed by atoms with van der Waals surface area (Å²) in [4.78, 5) is 4.26. The molecule has 2 rings (SSSR count). The lowest BCUT2D eigenvalue weighted by Gasteiger charge is -2.10. The highest BCUT2D eigenvalue weighted by molar-refractivity contribution is 7.61. The molecule has 0 amide bonds. The van der Waals surface area contributed by atoms with Crippen molar-refractivity contribution in [3.63, 3.8) is 0 Å². The van der Waals surface area contributed by atoms with Gasteiger partial charge in [0.15, 0.2) is 0 Å². The van der Waals surface area contributed by atoms with Crippen LogP contribution in [0.5, 0.6) is 5.75 Å². The highest BCUT2D eigenvalue weighted by Crippen LogP contribution is 2.46. The van der Waals surface area contributed by atoms with Gasteiger partial charge >= 0.3 is 7.60 Å². The van der Waals surface area contributed by atoms with Crippen LogP contribution in [0.2, 0.25) is 0 Å². The number of benzene rings is 1. The first-order valence-electron chi connectivity index (χ1n) is 5.88. The van der Waals surface area contributed by atoms with Crippen LogP contribution in [0.4, 0.5) is 0 Å². The van der Waals surface area contributed by atoms with Crippen LogP contribution in [0.1, 0.15) is 5.69 Å². The molecule has 0 atom stereocenters. The van der Waals surface area contributed by atoms with Crippen molar-refractivity contribution < 1.29 is 22.8 Å². The molecule has 108 valence electrons. The van der Waals surface area contributed by atoms with Gasteiger partial charge in [-0.1, -0.05) is 0 Å². The lowest BCUT2D eigenvalue weighted by atomic mass is 10.2. The molecule has 0 saturated heterocycles. The number of hydrogen-bond acceptors (Lipinski definition) is 6. The van der Waals surface area contributed by atoms with Gasteiger partial charge in [0.25, 0.3) is 0 Å². The first-order valence-corrected chi connectivity index (χ1v) is 7.42. The Labute approximate surface area is 117 Å². The summed E-state index contributed by atoms with van der Waals surface area (Å²) < 4.78 is 32.8. The van der Waals surface area contributed by atoms with Crippen molar-refractivity contribution in [2.24, 2.45) is 0 Å². The molecule has 0 N–H and O–H groups in total. The largest absolute Gasteiger partial charge is 0.497 e. The maximum Gasteiger partial charge on any atom is 0.397 e. The molecule has 0 aliphatic carbocycles. The molecule has 0 bridgehead atoms. The van der Waals surface area contributed by atoms with Gasteiger partial charge in [-0.2, -0.15) is 0 Å². The van der Waals surface area contributed by atoms with Crippen LogP contribution in [0.25, 0.3) is 11.5 Å².